The summed E-state index contributed by atoms with van der Waals surface area (Å²) in [6, 6.07) is 8.99. The number of ether oxygens (including phenoxy) is 1. The fourth-order valence-electron chi connectivity index (χ4n) is 2.90. The first-order valence-electron chi connectivity index (χ1n) is 8.53. The Kier molecular flexibility index (Phi) is 5.72. The first-order valence-corrected chi connectivity index (χ1v) is 8.53. The maximum atomic E-state index is 13.7. The normalized spacial score (nSPS) is 14.0. The Bertz CT molecular complexity index is 882. The van der Waals surface area contributed by atoms with Crippen molar-refractivity contribution in [2.45, 2.75) is 0 Å². The van der Waals surface area contributed by atoms with Crippen molar-refractivity contribution < 1.29 is 27.5 Å². The molecule has 2 amide bonds. The van der Waals surface area contributed by atoms with Gasteiger partial charge in [0, 0.05) is 31.9 Å². The van der Waals surface area contributed by atoms with E-state index in [0.29, 0.717) is 32.2 Å². The molecule has 9 heteroatoms. The molecule has 1 N–H and O–H groups in total. The van der Waals surface area contributed by atoms with Crippen molar-refractivity contribution in [3.63, 3.8) is 0 Å². The summed E-state index contributed by atoms with van der Waals surface area (Å²) < 4.78 is 45.0. The number of anilines is 2. The maximum Gasteiger partial charge on any atom is 0.313 e. The molecule has 2 aromatic rings. The Morgan fingerprint density at radius 3 is 2.18 bits per heavy atom. The summed E-state index contributed by atoms with van der Waals surface area (Å²) in [5.74, 6) is -5.87. The highest BCUT2D eigenvalue weighted by Gasteiger charge is 2.27. The molecule has 0 saturated carbocycles. The molecule has 0 radical (unpaired) electrons. The molecule has 1 aliphatic rings. The van der Waals surface area contributed by atoms with Crippen molar-refractivity contribution in [3.8, 4) is 5.75 Å². The van der Waals surface area contributed by atoms with E-state index < -0.39 is 35.0 Å². The van der Waals surface area contributed by atoms with Gasteiger partial charge in [0.05, 0.1) is 12.8 Å². The molecule has 0 aliphatic carbocycles. The Balaban J connectivity index is 1.58. The van der Waals surface area contributed by atoms with E-state index in [0.717, 1.165) is 17.5 Å². The zero-order chi connectivity index (χ0) is 20.3. The quantitative estimate of drug-likeness (QED) is 0.643. The summed E-state index contributed by atoms with van der Waals surface area (Å²) in [5.41, 5.74) is 0.371. The third-order valence-electron chi connectivity index (χ3n) is 4.48. The highest BCUT2D eigenvalue weighted by atomic mass is 19.2. The van der Waals surface area contributed by atoms with Crippen LogP contribution in [0.4, 0.5) is 24.5 Å². The smallest absolute Gasteiger partial charge is 0.313 e. The van der Waals surface area contributed by atoms with Crippen LogP contribution in [0.2, 0.25) is 0 Å². The number of halogens is 3. The van der Waals surface area contributed by atoms with E-state index in [4.69, 9.17) is 4.74 Å². The van der Waals surface area contributed by atoms with E-state index in [1.165, 1.54) is 4.90 Å². The van der Waals surface area contributed by atoms with E-state index in [-0.39, 0.29) is 0 Å². The molecule has 0 atom stereocenters. The van der Waals surface area contributed by atoms with Crippen LogP contribution < -0.4 is 15.0 Å². The lowest BCUT2D eigenvalue weighted by molar-refractivity contribution is -0.143. The van der Waals surface area contributed by atoms with E-state index in [1.54, 1.807) is 7.11 Å². The van der Waals surface area contributed by atoms with Crippen molar-refractivity contribution in [2.24, 2.45) is 0 Å². The molecular weight excluding hydrogens is 375 g/mol. The Hall–Kier alpha value is -3.23. The molecule has 0 spiro atoms. The lowest BCUT2D eigenvalue weighted by Gasteiger charge is -2.35. The van der Waals surface area contributed by atoms with Gasteiger partial charge in [-0.2, -0.15) is 0 Å². The summed E-state index contributed by atoms with van der Waals surface area (Å²) in [4.78, 5) is 27.7. The standard InChI is InChI=1S/C19H18F3N3O3/c1-28-13-4-2-12(3-5-13)24-8-10-25(11-9-24)19(27)18(26)23-15-7-6-14(20)16(21)17(15)22/h2-7H,8-11H2,1H3,(H,23,26). The van der Waals surface area contributed by atoms with Crippen LogP contribution in [0.25, 0.3) is 0 Å². The second-order valence-electron chi connectivity index (χ2n) is 6.15. The molecule has 6 nitrogen and oxygen atoms in total. The van der Waals surface area contributed by atoms with E-state index >= 15 is 0 Å². The number of hydrogen-bond donors (Lipinski definition) is 1. The van der Waals surface area contributed by atoms with Crippen molar-refractivity contribution in [1.29, 1.82) is 0 Å². The van der Waals surface area contributed by atoms with E-state index in [2.05, 4.69) is 4.90 Å². The summed E-state index contributed by atoms with van der Waals surface area (Å²) in [6.07, 6.45) is 0. The second-order valence-corrected chi connectivity index (χ2v) is 6.15. The summed E-state index contributed by atoms with van der Waals surface area (Å²) >= 11 is 0. The first kappa shape index (κ1) is 19.5. The van der Waals surface area contributed by atoms with Crippen molar-refractivity contribution >= 4 is 23.2 Å². The largest absolute Gasteiger partial charge is 0.497 e. The molecular formula is C19H18F3N3O3. The lowest BCUT2D eigenvalue weighted by atomic mass is 10.2. The highest BCUT2D eigenvalue weighted by Crippen LogP contribution is 2.21. The van der Waals surface area contributed by atoms with E-state index in [9.17, 15) is 22.8 Å². The summed E-state index contributed by atoms with van der Waals surface area (Å²) in [6.45, 7) is 1.59. The Morgan fingerprint density at radius 1 is 0.929 bits per heavy atom. The molecule has 0 aromatic heterocycles. The van der Waals surface area contributed by atoms with Gasteiger partial charge in [0.2, 0.25) is 0 Å². The van der Waals surface area contributed by atoms with Crippen LogP contribution in [0.3, 0.4) is 0 Å². The van der Waals surface area contributed by atoms with Gasteiger partial charge in [-0.1, -0.05) is 0 Å². The SMILES string of the molecule is COc1ccc(N2CCN(C(=O)C(=O)Nc3ccc(F)c(F)c3F)CC2)cc1. The van der Waals surface area contributed by atoms with Crippen LogP contribution in [0.1, 0.15) is 0 Å². The fourth-order valence-corrected chi connectivity index (χ4v) is 2.90. The molecule has 0 bridgehead atoms. The maximum absolute atomic E-state index is 13.7. The lowest BCUT2D eigenvalue weighted by Crippen LogP contribution is -2.51. The zero-order valence-corrected chi connectivity index (χ0v) is 15.0. The number of amides is 2. The van der Waals surface area contributed by atoms with Gasteiger partial charge < -0.3 is 19.9 Å². The van der Waals surface area contributed by atoms with Crippen LogP contribution in [-0.4, -0.2) is 50.0 Å². The minimum Gasteiger partial charge on any atom is -0.497 e. The predicted molar refractivity (Wildman–Crippen MR) is 96.7 cm³/mol. The summed E-state index contributed by atoms with van der Waals surface area (Å²) in [7, 11) is 1.58. The van der Waals surface area contributed by atoms with Gasteiger partial charge >= 0.3 is 11.8 Å². The van der Waals surface area contributed by atoms with Crippen molar-refractivity contribution in [3.05, 3.63) is 53.8 Å². The molecule has 1 aliphatic heterocycles. The molecule has 3 rings (SSSR count). The van der Waals surface area contributed by atoms with Gasteiger partial charge in [0.25, 0.3) is 0 Å². The number of hydrogen-bond acceptors (Lipinski definition) is 4. The van der Waals surface area contributed by atoms with Crippen LogP contribution in [0.5, 0.6) is 5.75 Å². The highest BCUT2D eigenvalue weighted by molar-refractivity contribution is 6.39. The third kappa shape index (κ3) is 4.03. The predicted octanol–water partition coefficient (Wildman–Crippen LogP) is 2.40. The molecule has 0 unspecified atom stereocenters. The molecule has 1 saturated heterocycles. The monoisotopic (exact) mass is 393 g/mol. The Labute approximate surface area is 159 Å². The fraction of sp³-hybridized carbons (Fsp3) is 0.263. The number of nitrogens with zero attached hydrogens (tertiary/aromatic N) is 2. The number of nitrogens with one attached hydrogen (secondary N) is 1. The van der Waals surface area contributed by atoms with Crippen LogP contribution >= 0.6 is 0 Å². The number of methoxy groups -OCH3 is 1. The number of carbonyl (C=O) groups is 2. The van der Waals surface area contributed by atoms with Crippen molar-refractivity contribution in [1.82, 2.24) is 4.90 Å². The van der Waals surface area contributed by atoms with Gasteiger partial charge in [0.1, 0.15) is 5.75 Å². The average Bonchev–Trinajstić information content (AvgIpc) is 2.73. The van der Waals surface area contributed by atoms with Gasteiger partial charge in [-0.05, 0) is 36.4 Å². The molecule has 148 valence electrons. The topological polar surface area (TPSA) is 61.9 Å². The second kappa shape index (κ2) is 8.20. The number of carbonyl (C=O) groups excluding carboxylic acids is 2. The molecule has 1 fully saturated rings. The van der Waals surface area contributed by atoms with Crippen molar-refractivity contribution in [2.75, 3.05) is 43.5 Å². The average molecular weight is 393 g/mol. The minimum absolute atomic E-state index is 0.290. The van der Waals surface area contributed by atoms with Gasteiger partial charge in [-0.3, -0.25) is 9.59 Å². The van der Waals surface area contributed by atoms with Gasteiger partial charge in [-0.15, -0.1) is 0 Å². The van der Waals surface area contributed by atoms with Gasteiger partial charge in [0.15, 0.2) is 17.5 Å². The molecule has 28 heavy (non-hydrogen) atoms. The minimum atomic E-state index is -1.71. The first-order chi connectivity index (χ1) is 13.4. The number of rotatable bonds is 3. The van der Waals surface area contributed by atoms with Gasteiger partial charge in [-0.25, -0.2) is 13.2 Å². The van der Waals surface area contributed by atoms with Crippen LogP contribution in [0, 0.1) is 17.5 Å². The number of piperazine rings is 1. The number of benzene rings is 2. The van der Waals surface area contributed by atoms with Crippen LogP contribution in [-0.2, 0) is 9.59 Å². The summed E-state index contributed by atoms with van der Waals surface area (Å²) in [5, 5.41) is 1.99. The third-order valence-corrected chi connectivity index (χ3v) is 4.48. The molecule has 1 heterocycles. The zero-order valence-electron chi connectivity index (χ0n) is 15.0. The Morgan fingerprint density at radius 2 is 1.57 bits per heavy atom. The van der Waals surface area contributed by atoms with E-state index in [1.807, 2.05) is 29.6 Å². The van der Waals surface area contributed by atoms with Crippen LogP contribution in [0.15, 0.2) is 36.4 Å². The molecule has 2 aromatic carbocycles.